The Morgan fingerprint density at radius 2 is 1.18 bits per heavy atom. The van der Waals surface area contributed by atoms with E-state index in [1.54, 1.807) is 0 Å². The topological polar surface area (TPSA) is 29.5 Å². The fourth-order valence-electron chi connectivity index (χ4n) is 6.06. The number of phenolic OH excluding ortho intramolecular Hbond substituents is 1. The van der Waals surface area contributed by atoms with E-state index < -0.39 is 0 Å². The Kier molecular flexibility index (Phi) is 14.3. The highest BCUT2D eigenvalue weighted by Crippen LogP contribution is 2.39. The highest BCUT2D eigenvalue weighted by atomic mass is 16.5. The van der Waals surface area contributed by atoms with Crippen LogP contribution in [-0.4, -0.2) is 36.8 Å². The van der Waals surface area contributed by atoms with Crippen molar-refractivity contribution in [3.05, 3.63) is 53.1 Å². The second-order valence-corrected chi connectivity index (χ2v) is 12.8. The molecule has 0 unspecified atom stereocenters. The van der Waals surface area contributed by atoms with E-state index in [1.807, 2.05) is 24.3 Å². The SMILES string of the molecule is CCCCCCCCCCCCCCCCCC[N+](C)(C)CCCc1cc2c(cc1O)Cc1ccccc1O2. The summed E-state index contributed by atoms with van der Waals surface area (Å²) in [5.41, 5.74) is 3.27. The summed E-state index contributed by atoms with van der Waals surface area (Å²) in [6, 6.07) is 12.2. The lowest BCUT2D eigenvalue weighted by Crippen LogP contribution is -2.41. The van der Waals surface area contributed by atoms with Crippen LogP contribution in [0.4, 0.5) is 0 Å². The molecule has 0 aliphatic carbocycles. The molecule has 0 spiro atoms. The van der Waals surface area contributed by atoms with E-state index in [0.29, 0.717) is 5.75 Å². The van der Waals surface area contributed by atoms with Crippen LogP contribution in [0.3, 0.4) is 0 Å². The van der Waals surface area contributed by atoms with Crippen molar-refractivity contribution in [3.63, 3.8) is 0 Å². The average molecular weight is 537 g/mol. The van der Waals surface area contributed by atoms with Gasteiger partial charge in [0.15, 0.2) is 0 Å². The number of fused-ring (bicyclic) bond motifs is 2. The van der Waals surface area contributed by atoms with Crippen molar-refractivity contribution < 1.29 is 14.3 Å². The van der Waals surface area contributed by atoms with Crippen LogP contribution in [-0.2, 0) is 12.8 Å². The maximum Gasteiger partial charge on any atom is 0.131 e. The van der Waals surface area contributed by atoms with E-state index in [9.17, 15) is 5.11 Å². The molecule has 1 aliphatic rings. The fourth-order valence-corrected chi connectivity index (χ4v) is 6.06. The van der Waals surface area contributed by atoms with Gasteiger partial charge in [0.1, 0.15) is 17.2 Å². The van der Waals surface area contributed by atoms with Gasteiger partial charge in [0, 0.05) is 18.4 Å². The molecule has 0 saturated heterocycles. The molecule has 1 aliphatic heterocycles. The Morgan fingerprint density at radius 1 is 0.641 bits per heavy atom. The van der Waals surface area contributed by atoms with E-state index in [-0.39, 0.29) is 0 Å². The van der Waals surface area contributed by atoms with Gasteiger partial charge in [-0.25, -0.2) is 0 Å². The van der Waals surface area contributed by atoms with Crippen molar-refractivity contribution >= 4 is 0 Å². The molecule has 1 heterocycles. The largest absolute Gasteiger partial charge is 0.508 e. The summed E-state index contributed by atoms with van der Waals surface area (Å²) in [7, 11) is 4.72. The first kappa shape index (κ1) is 31.5. The fraction of sp³-hybridized carbons (Fsp3) is 0.667. The maximum atomic E-state index is 10.6. The first-order chi connectivity index (χ1) is 19.0. The molecule has 2 aromatic carbocycles. The third-order valence-electron chi connectivity index (χ3n) is 8.66. The smallest absolute Gasteiger partial charge is 0.131 e. The van der Waals surface area contributed by atoms with Crippen LogP contribution < -0.4 is 4.74 Å². The van der Waals surface area contributed by atoms with E-state index in [0.717, 1.165) is 52.9 Å². The number of unbranched alkanes of at least 4 members (excludes halogenated alkanes) is 15. The molecule has 3 heteroatoms. The molecule has 39 heavy (non-hydrogen) atoms. The van der Waals surface area contributed by atoms with Gasteiger partial charge in [0.25, 0.3) is 0 Å². The molecule has 0 amide bonds. The summed E-state index contributed by atoms with van der Waals surface area (Å²) in [5, 5.41) is 10.6. The molecule has 0 atom stereocenters. The monoisotopic (exact) mass is 536 g/mol. The highest BCUT2D eigenvalue weighted by Gasteiger charge is 2.20. The number of hydrogen-bond donors (Lipinski definition) is 1. The Bertz CT molecular complexity index is 951. The molecule has 1 N–H and O–H groups in total. The summed E-state index contributed by atoms with van der Waals surface area (Å²) in [6.45, 7) is 4.68. The molecule has 3 nitrogen and oxygen atoms in total. The number of hydrogen-bond acceptors (Lipinski definition) is 2. The van der Waals surface area contributed by atoms with Crippen LogP contribution in [0.2, 0.25) is 0 Å². The lowest BCUT2D eigenvalue weighted by molar-refractivity contribution is -0.890. The molecular formula is C36H58NO2+. The van der Waals surface area contributed by atoms with Crippen molar-refractivity contribution in [3.8, 4) is 17.2 Å². The minimum atomic E-state index is 0.417. The Labute approximate surface area is 240 Å². The summed E-state index contributed by atoms with van der Waals surface area (Å²) >= 11 is 0. The molecule has 2 aromatic rings. The Hall–Kier alpha value is -2.00. The van der Waals surface area contributed by atoms with Gasteiger partial charge in [-0.15, -0.1) is 0 Å². The highest BCUT2D eigenvalue weighted by molar-refractivity contribution is 5.54. The summed E-state index contributed by atoms with van der Waals surface area (Å²) in [4.78, 5) is 0. The van der Waals surface area contributed by atoms with Gasteiger partial charge in [-0.3, -0.25) is 0 Å². The number of phenols is 1. The quantitative estimate of drug-likeness (QED) is 0.108. The lowest BCUT2D eigenvalue weighted by Gasteiger charge is -2.30. The Balaban J connectivity index is 1.19. The number of quaternary nitrogens is 1. The van der Waals surface area contributed by atoms with E-state index >= 15 is 0 Å². The van der Waals surface area contributed by atoms with Crippen LogP contribution >= 0.6 is 0 Å². The first-order valence-electron chi connectivity index (χ1n) is 16.4. The molecule has 3 rings (SSSR count). The number of rotatable bonds is 21. The number of benzene rings is 2. The molecule has 218 valence electrons. The summed E-state index contributed by atoms with van der Waals surface area (Å²) in [6.07, 6.45) is 25.5. The number of aromatic hydroxyl groups is 1. The second kappa shape index (κ2) is 17.6. The standard InChI is InChI=1S/C36H57NO2/c1-4-5-6-7-8-9-10-11-12-13-14-15-16-17-18-21-26-37(2,3)27-22-24-31-30-36-33(29-34(31)38)28-32-23-19-20-25-35(32)39-36/h19-20,23,25,29-30H,4-18,21-22,24,26-28H2,1-3H3/p+1. The molecule has 0 bridgehead atoms. The summed E-state index contributed by atoms with van der Waals surface area (Å²) in [5.74, 6) is 2.27. The van der Waals surface area contributed by atoms with Crippen LogP contribution in [0.1, 0.15) is 133 Å². The molecule has 0 aromatic heterocycles. The van der Waals surface area contributed by atoms with Crippen LogP contribution in [0.5, 0.6) is 17.2 Å². The molecule has 0 fully saturated rings. The van der Waals surface area contributed by atoms with E-state index in [4.69, 9.17) is 4.74 Å². The molecule has 0 saturated carbocycles. The van der Waals surface area contributed by atoms with Gasteiger partial charge in [-0.1, -0.05) is 115 Å². The van der Waals surface area contributed by atoms with Crippen LogP contribution in [0, 0.1) is 0 Å². The minimum Gasteiger partial charge on any atom is -0.508 e. The van der Waals surface area contributed by atoms with Gasteiger partial charge in [-0.05, 0) is 48.6 Å². The predicted molar refractivity (Wildman–Crippen MR) is 167 cm³/mol. The van der Waals surface area contributed by atoms with Gasteiger partial charge >= 0.3 is 0 Å². The number of nitrogens with zero attached hydrogens (tertiary/aromatic N) is 1. The lowest BCUT2D eigenvalue weighted by atomic mass is 9.97. The number of aryl methyl sites for hydroxylation is 1. The Morgan fingerprint density at radius 3 is 1.79 bits per heavy atom. The minimum absolute atomic E-state index is 0.417. The third-order valence-corrected chi connectivity index (χ3v) is 8.66. The van der Waals surface area contributed by atoms with Crippen molar-refractivity contribution in [2.45, 2.75) is 129 Å². The molecule has 0 radical (unpaired) electrons. The zero-order valence-corrected chi connectivity index (χ0v) is 25.6. The van der Waals surface area contributed by atoms with Crippen molar-refractivity contribution in [2.24, 2.45) is 0 Å². The van der Waals surface area contributed by atoms with Gasteiger partial charge in [0.05, 0.1) is 27.2 Å². The van der Waals surface area contributed by atoms with Crippen LogP contribution in [0.25, 0.3) is 0 Å². The van der Waals surface area contributed by atoms with E-state index in [2.05, 4.69) is 33.2 Å². The van der Waals surface area contributed by atoms with Gasteiger partial charge in [-0.2, -0.15) is 0 Å². The third kappa shape index (κ3) is 12.0. The maximum absolute atomic E-state index is 10.6. The van der Waals surface area contributed by atoms with Crippen molar-refractivity contribution in [1.82, 2.24) is 0 Å². The zero-order valence-electron chi connectivity index (χ0n) is 25.6. The predicted octanol–water partition coefficient (Wildman–Crippen LogP) is 10.4. The average Bonchev–Trinajstić information content (AvgIpc) is 2.92. The number of para-hydroxylation sites is 1. The van der Waals surface area contributed by atoms with Gasteiger partial charge < -0.3 is 14.3 Å². The van der Waals surface area contributed by atoms with Gasteiger partial charge in [0.2, 0.25) is 0 Å². The zero-order chi connectivity index (χ0) is 27.8. The second-order valence-electron chi connectivity index (χ2n) is 12.8. The normalized spacial score (nSPS) is 12.7. The van der Waals surface area contributed by atoms with Crippen molar-refractivity contribution in [1.29, 1.82) is 0 Å². The first-order valence-corrected chi connectivity index (χ1v) is 16.4. The van der Waals surface area contributed by atoms with E-state index in [1.165, 1.54) is 115 Å². The summed E-state index contributed by atoms with van der Waals surface area (Å²) < 4.78 is 7.21. The number of ether oxygens (including phenoxy) is 1. The molecular weight excluding hydrogens is 478 g/mol. The van der Waals surface area contributed by atoms with Crippen LogP contribution in [0.15, 0.2) is 36.4 Å². The van der Waals surface area contributed by atoms with Crippen molar-refractivity contribution in [2.75, 3.05) is 27.2 Å².